The van der Waals surface area contributed by atoms with E-state index in [0.29, 0.717) is 5.75 Å². The van der Waals surface area contributed by atoms with Gasteiger partial charge in [-0.2, -0.15) is 0 Å². The van der Waals surface area contributed by atoms with Crippen LogP contribution in [0.25, 0.3) is 0 Å². The summed E-state index contributed by atoms with van der Waals surface area (Å²) < 4.78 is 0. The first-order valence-electron chi connectivity index (χ1n) is 7.16. The normalized spacial score (nSPS) is 19.6. The van der Waals surface area contributed by atoms with Gasteiger partial charge in [0.2, 0.25) is 0 Å². The van der Waals surface area contributed by atoms with Gasteiger partial charge < -0.3 is 20.6 Å². The average Bonchev–Trinajstić information content (AvgIpc) is 2.49. The van der Waals surface area contributed by atoms with E-state index in [4.69, 9.17) is 5.73 Å². The fraction of sp³-hybridized carbons (Fsp3) is 0.375. The van der Waals surface area contributed by atoms with E-state index in [1.807, 2.05) is 18.2 Å². The summed E-state index contributed by atoms with van der Waals surface area (Å²) >= 11 is 0. The number of phenols is 1. The number of nitrogens with zero attached hydrogens (tertiary/aromatic N) is 2. The van der Waals surface area contributed by atoms with E-state index in [2.05, 4.69) is 15.9 Å². The zero-order valence-corrected chi connectivity index (χ0v) is 11.6. The van der Waals surface area contributed by atoms with Crippen LogP contribution in [0.4, 0.5) is 5.69 Å². The number of hydrogen-bond acceptors (Lipinski definition) is 4. The molecule has 2 aliphatic rings. The summed E-state index contributed by atoms with van der Waals surface area (Å²) in [5.74, 6) is 0.323. The molecule has 1 saturated heterocycles. The van der Waals surface area contributed by atoms with Gasteiger partial charge in [-0.15, -0.1) is 0 Å². The predicted molar refractivity (Wildman–Crippen MR) is 81.5 cm³/mol. The molecule has 0 unspecified atom stereocenters. The minimum absolute atomic E-state index is 0.323. The first-order valence-corrected chi connectivity index (χ1v) is 7.16. The fourth-order valence-corrected chi connectivity index (χ4v) is 2.82. The molecule has 0 atom stereocenters. The maximum Gasteiger partial charge on any atom is 0.115 e. The van der Waals surface area contributed by atoms with Gasteiger partial charge in [0.15, 0.2) is 0 Å². The Morgan fingerprint density at radius 2 is 1.50 bits per heavy atom. The van der Waals surface area contributed by atoms with Gasteiger partial charge in [0.25, 0.3) is 0 Å². The number of rotatable bonds is 2. The fourth-order valence-electron chi connectivity index (χ4n) is 2.82. The zero-order valence-electron chi connectivity index (χ0n) is 11.6. The molecule has 1 heterocycles. The lowest BCUT2D eigenvalue weighted by Crippen LogP contribution is -2.46. The van der Waals surface area contributed by atoms with E-state index in [-0.39, 0.29) is 0 Å². The molecular formula is C16H21N3O. The number of phenolic OH excluding ortho intramolecular Hbond substituents is 1. The van der Waals surface area contributed by atoms with Crippen molar-refractivity contribution in [3.05, 3.63) is 47.8 Å². The van der Waals surface area contributed by atoms with Crippen LogP contribution in [0.5, 0.6) is 5.75 Å². The summed E-state index contributed by atoms with van der Waals surface area (Å²) in [6.07, 6.45) is 6.23. The molecule has 3 N–H and O–H groups in total. The molecule has 1 aromatic carbocycles. The molecule has 1 aliphatic heterocycles. The highest BCUT2D eigenvalue weighted by molar-refractivity contribution is 5.49. The van der Waals surface area contributed by atoms with Crippen LogP contribution < -0.4 is 10.6 Å². The molecule has 106 valence electrons. The first kappa shape index (κ1) is 12.9. The molecule has 20 heavy (non-hydrogen) atoms. The molecule has 1 aromatic rings. The van der Waals surface area contributed by atoms with Gasteiger partial charge in [0, 0.05) is 43.3 Å². The van der Waals surface area contributed by atoms with Gasteiger partial charge in [-0.25, -0.2) is 0 Å². The highest BCUT2D eigenvalue weighted by atomic mass is 16.3. The number of anilines is 1. The lowest BCUT2D eigenvalue weighted by Gasteiger charge is -2.39. The average molecular weight is 271 g/mol. The number of nitrogens with two attached hydrogens (primary N) is 1. The summed E-state index contributed by atoms with van der Waals surface area (Å²) in [6.45, 7) is 4.11. The molecule has 0 bridgehead atoms. The van der Waals surface area contributed by atoms with Gasteiger partial charge in [0.05, 0.1) is 0 Å². The Bertz CT molecular complexity index is 525. The largest absolute Gasteiger partial charge is 0.508 e. The minimum Gasteiger partial charge on any atom is -0.508 e. The van der Waals surface area contributed by atoms with Crippen LogP contribution >= 0.6 is 0 Å². The third kappa shape index (κ3) is 2.74. The molecule has 1 fully saturated rings. The van der Waals surface area contributed by atoms with Crippen LogP contribution in [0.1, 0.15) is 12.8 Å². The molecule has 0 saturated carbocycles. The Morgan fingerprint density at radius 3 is 2.10 bits per heavy atom. The summed E-state index contributed by atoms with van der Waals surface area (Å²) in [5.41, 5.74) is 9.38. The summed E-state index contributed by atoms with van der Waals surface area (Å²) in [7, 11) is 0. The van der Waals surface area contributed by atoms with Crippen LogP contribution in [0.3, 0.4) is 0 Å². The van der Waals surface area contributed by atoms with Gasteiger partial charge in [-0.3, -0.25) is 0 Å². The second-order valence-electron chi connectivity index (χ2n) is 5.39. The van der Waals surface area contributed by atoms with E-state index < -0.39 is 0 Å². The highest BCUT2D eigenvalue weighted by Gasteiger charge is 2.19. The molecule has 3 rings (SSSR count). The zero-order chi connectivity index (χ0) is 13.9. The summed E-state index contributed by atoms with van der Waals surface area (Å²) in [4.78, 5) is 4.82. The Hall–Kier alpha value is -2.10. The van der Waals surface area contributed by atoms with Gasteiger partial charge in [-0.05, 0) is 49.3 Å². The quantitative estimate of drug-likeness (QED) is 0.864. The van der Waals surface area contributed by atoms with Crippen molar-refractivity contribution < 1.29 is 5.11 Å². The van der Waals surface area contributed by atoms with Crippen molar-refractivity contribution in [3.63, 3.8) is 0 Å². The predicted octanol–water partition coefficient (Wildman–Crippen LogP) is 2.03. The van der Waals surface area contributed by atoms with Crippen LogP contribution in [0.15, 0.2) is 47.8 Å². The Kier molecular flexibility index (Phi) is 3.54. The number of benzene rings is 1. The minimum atomic E-state index is 0.323. The second-order valence-corrected chi connectivity index (χ2v) is 5.39. The van der Waals surface area contributed by atoms with Crippen molar-refractivity contribution in [3.8, 4) is 5.75 Å². The highest BCUT2D eigenvalue weighted by Crippen LogP contribution is 2.23. The van der Waals surface area contributed by atoms with Crippen LogP contribution in [0, 0.1) is 0 Å². The summed E-state index contributed by atoms with van der Waals surface area (Å²) in [6, 6.07) is 7.46. The first-order chi connectivity index (χ1) is 9.72. The molecule has 4 heteroatoms. The summed E-state index contributed by atoms with van der Waals surface area (Å²) in [5, 5.41) is 9.34. The van der Waals surface area contributed by atoms with Gasteiger partial charge in [0.1, 0.15) is 5.75 Å². The monoisotopic (exact) mass is 271 g/mol. The van der Waals surface area contributed by atoms with Crippen molar-refractivity contribution >= 4 is 5.69 Å². The second kappa shape index (κ2) is 5.49. The van der Waals surface area contributed by atoms with E-state index >= 15 is 0 Å². The van der Waals surface area contributed by atoms with E-state index in [1.165, 1.54) is 11.4 Å². The smallest absolute Gasteiger partial charge is 0.115 e. The van der Waals surface area contributed by atoms with Crippen molar-refractivity contribution in [2.45, 2.75) is 12.8 Å². The maximum absolute atomic E-state index is 9.34. The number of hydrogen-bond donors (Lipinski definition) is 2. The third-order valence-electron chi connectivity index (χ3n) is 4.06. The molecular weight excluding hydrogens is 250 g/mol. The lowest BCUT2D eigenvalue weighted by molar-refractivity contribution is 0.310. The molecule has 0 spiro atoms. The maximum atomic E-state index is 9.34. The third-order valence-corrected chi connectivity index (χ3v) is 4.06. The van der Waals surface area contributed by atoms with Gasteiger partial charge >= 0.3 is 0 Å². The molecule has 0 radical (unpaired) electrons. The van der Waals surface area contributed by atoms with E-state index in [1.54, 1.807) is 12.1 Å². The number of aromatic hydroxyl groups is 1. The number of piperazine rings is 1. The standard InChI is InChI=1S/C16H21N3O/c17-13-1-3-14(4-2-13)18-9-11-19(12-10-18)15-5-7-16(20)8-6-15/h1,3,5-8,20H,2,4,9-12,17H2. The Balaban J connectivity index is 1.61. The van der Waals surface area contributed by atoms with Crippen LogP contribution in [-0.2, 0) is 0 Å². The molecule has 0 amide bonds. The topological polar surface area (TPSA) is 52.7 Å². The van der Waals surface area contributed by atoms with Crippen molar-refractivity contribution in [1.29, 1.82) is 0 Å². The van der Waals surface area contributed by atoms with E-state index in [9.17, 15) is 5.11 Å². The lowest BCUT2D eigenvalue weighted by atomic mass is 10.1. The van der Waals surface area contributed by atoms with Gasteiger partial charge in [-0.1, -0.05) is 0 Å². The molecule has 0 aromatic heterocycles. The SMILES string of the molecule is NC1=CC=C(N2CCN(c3ccc(O)cc3)CC2)CC1. The van der Waals surface area contributed by atoms with Crippen molar-refractivity contribution in [2.75, 3.05) is 31.1 Å². The molecule has 4 nitrogen and oxygen atoms in total. The number of allylic oxidation sites excluding steroid dienone is 4. The Labute approximate surface area is 119 Å². The van der Waals surface area contributed by atoms with Crippen molar-refractivity contribution in [1.82, 2.24) is 4.90 Å². The van der Waals surface area contributed by atoms with E-state index in [0.717, 1.165) is 44.7 Å². The van der Waals surface area contributed by atoms with Crippen molar-refractivity contribution in [2.24, 2.45) is 5.73 Å². The van der Waals surface area contributed by atoms with Crippen LogP contribution in [0.2, 0.25) is 0 Å². The van der Waals surface area contributed by atoms with Crippen LogP contribution in [-0.4, -0.2) is 36.2 Å². The Morgan fingerprint density at radius 1 is 0.850 bits per heavy atom. The molecule has 1 aliphatic carbocycles.